The Morgan fingerprint density at radius 1 is 1.32 bits per heavy atom. The van der Waals surface area contributed by atoms with E-state index in [1.165, 1.54) is 18.2 Å². The predicted octanol–water partition coefficient (Wildman–Crippen LogP) is 1.52. The van der Waals surface area contributed by atoms with Crippen LogP contribution in [0.3, 0.4) is 0 Å². The highest BCUT2D eigenvalue weighted by atomic mass is 32.2. The third-order valence-electron chi connectivity index (χ3n) is 4.45. The van der Waals surface area contributed by atoms with Crippen molar-refractivity contribution in [3.8, 4) is 0 Å². The second kappa shape index (κ2) is 7.41. The van der Waals surface area contributed by atoms with Crippen LogP contribution in [0.25, 0.3) is 0 Å². The number of aromatic nitrogens is 4. The van der Waals surface area contributed by atoms with Crippen molar-refractivity contribution in [3.63, 3.8) is 0 Å². The van der Waals surface area contributed by atoms with Crippen LogP contribution in [0.2, 0.25) is 0 Å². The van der Waals surface area contributed by atoms with Gasteiger partial charge in [0.1, 0.15) is 0 Å². The molecular weight excluding hydrogens is 302 g/mol. The number of hydrogen-bond acceptors (Lipinski definition) is 6. The van der Waals surface area contributed by atoms with Crippen molar-refractivity contribution in [2.24, 2.45) is 0 Å². The maximum atomic E-state index is 12.4. The van der Waals surface area contributed by atoms with Crippen LogP contribution in [0.1, 0.15) is 45.1 Å². The minimum absolute atomic E-state index is 0.193. The van der Waals surface area contributed by atoms with Gasteiger partial charge in [0.25, 0.3) is 0 Å². The lowest BCUT2D eigenvalue weighted by molar-refractivity contribution is -0.131. The molecule has 3 rings (SSSR count). The van der Waals surface area contributed by atoms with E-state index >= 15 is 0 Å². The molecule has 0 unspecified atom stereocenters. The second-order valence-corrected chi connectivity index (χ2v) is 6.91. The summed E-state index contributed by atoms with van der Waals surface area (Å²) in [5, 5.41) is 12.7. The van der Waals surface area contributed by atoms with Crippen LogP contribution in [0.15, 0.2) is 5.16 Å². The van der Waals surface area contributed by atoms with Crippen LogP contribution in [-0.2, 0) is 9.53 Å². The molecule has 1 atom stereocenters. The fourth-order valence-corrected chi connectivity index (χ4v) is 3.95. The highest BCUT2D eigenvalue weighted by molar-refractivity contribution is 7.99. The van der Waals surface area contributed by atoms with Crippen LogP contribution < -0.4 is 0 Å². The molecule has 7 nitrogen and oxygen atoms in total. The summed E-state index contributed by atoms with van der Waals surface area (Å²) in [6.07, 6.45) is 5.29. The number of tetrazole rings is 1. The Balaban J connectivity index is 1.57. The van der Waals surface area contributed by atoms with E-state index in [1.54, 1.807) is 0 Å². The van der Waals surface area contributed by atoms with E-state index in [2.05, 4.69) is 22.4 Å². The number of amides is 1. The molecule has 0 aliphatic carbocycles. The van der Waals surface area contributed by atoms with E-state index in [1.807, 2.05) is 9.58 Å². The van der Waals surface area contributed by atoms with Crippen LogP contribution in [-0.4, -0.2) is 62.6 Å². The van der Waals surface area contributed by atoms with Crippen LogP contribution >= 0.6 is 11.8 Å². The molecule has 22 heavy (non-hydrogen) atoms. The Bertz CT molecular complexity index is 503. The molecule has 2 saturated heterocycles. The average Bonchev–Trinajstić information content (AvgIpc) is 3.02. The van der Waals surface area contributed by atoms with E-state index in [-0.39, 0.29) is 11.9 Å². The van der Waals surface area contributed by atoms with E-state index in [0.717, 1.165) is 50.6 Å². The van der Waals surface area contributed by atoms with Gasteiger partial charge in [-0.1, -0.05) is 11.8 Å². The van der Waals surface area contributed by atoms with Crippen molar-refractivity contribution < 1.29 is 9.53 Å². The first-order valence-corrected chi connectivity index (χ1v) is 9.02. The molecule has 2 aliphatic heterocycles. The summed E-state index contributed by atoms with van der Waals surface area (Å²) in [6, 6.07) is 0.642. The number of piperidine rings is 1. The lowest BCUT2D eigenvalue weighted by Gasteiger charge is -2.33. The molecule has 0 aromatic carbocycles. The first kappa shape index (κ1) is 15.7. The van der Waals surface area contributed by atoms with Gasteiger partial charge in [-0.15, -0.1) is 5.10 Å². The fourth-order valence-electron chi connectivity index (χ4n) is 3.12. The van der Waals surface area contributed by atoms with Gasteiger partial charge in [0.2, 0.25) is 11.1 Å². The summed E-state index contributed by atoms with van der Waals surface area (Å²) < 4.78 is 7.24. The number of ether oxygens (including phenoxy) is 1. The molecule has 0 saturated carbocycles. The normalized spacial score (nSPS) is 23.7. The number of hydrogen-bond donors (Lipinski definition) is 0. The zero-order chi connectivity index (χ0) is 15.4. The van der Waals surface area contributed by atoms with Crippen molar-refractivity contribution in [2.45, 2.75) is 56.3 Å². The minimum Gasteiger partial charge on any atom is -0.381 e. The van der Waals surface area contributed by atoms with E-state index in [4.69, 9.17) is 4.74 Å². The smallest absolute Gasteiger partial charge is 0.233 e. The summed E-state index contributed by atoms with van der Waals surface area (Å²) in [6.45, 7) is 4.51. The fraction of sp³-hybridized carbons (Fsp3) is 0.857. The number of rotatable bonds is 4. The maximum absolute atomic E-state index is 12.4. The highest BCUT2D eigenvalue weighted by Crippen LogP contribution is 2.26. The topological polar surface area (TPSA) is 73.1 Å². The summed E-state index contributed by atoms with van der Waals surface area (Å²) in [4.78, 5) is 14.4. The van der Waals surface area contributed by atoms with E-state index < -0.39 is 0 Å². The largest absolute Gasteiger partial charge is 0.381 e. The molecule has 3 heterocycles. The molecule has 122 valence electrons. The molecule has 0 spiro atoms. The number of likely N-dealkylation sites (tertiary alicyclic amines) is 1. The van der Waals surface area contributed by atoms with Gasteiger partial charge in [-0.25, -0.2) is 4.68 Å². The first-order valence-electron chi connectivity index (χ1n) is 8.03. The second-order valence-electron chi connectivity index (χ2n) is 5.97. The van der Waals surface area contributed by atoms with Gasteiger partial charge in [0.15, 0.2) is 0 Å². The van der Waals surface area contributed by atoms with Gasteiger partial charge in [0, 0.05) is 25.8 Å². The van der Waals surface area contributed by atoms with Gasteiger partial charge in [-0.05, 0) is 49.5 Å². The third-order valence-corrected chi connectivity index (χ3v) is 5.37. The third kappa shape index (κ3) is 3.60. The van der Waals surface area contributed by atoms with Crippen molar-refractivity contribution >= 4 is 17.7 Å². The van der Waals surface area contributed by atoms with E-state index in [9.17, 15) is 4.79 Å². The van der Waals surface area contributed by atoms with Crippen molar-refractivity contribution in [1.82, 2.24) is 25.1 Å². The molecule has 1 amide bonds. The lowest BCUT2D eigenvalue weighted by atomic mass is 10.0. The van der Waals surface area contributed by atoms with Crippen molar-refractivity contribution in [3.05, 3.63) is 0 Å². The van der Waals surface area contributed by atoms with E-state index in [0.29, 0.717) is 11.8 Å². The zero-order valence-electron chi connectivity index (χ0n) is 13.0. The molecule has 0 N–H and O–H groups in total. The van der Waals surface area contributed by atoms with Gasteiger partial charge in [-0.3, -0.25) is 4.79 Å². The monoisotopic (exact) mass is 325 g/mol. The molecule has 8 heteroatoms. The summed E-state index contributed by atoms with van der Waals surface area (Å²) in [5.74, 6) is 0.604. The van der Waals surface area contributed by atoms with Gasteiger partial charge in [0.05, 0.1) is 11.8 Å². The minimum atomic E-state index is 0.193. The molecule has 1 aromatic heterocycles. The van der Waals surface area contributed by atoms with Gasteiger partial charge >= 0.3 is 0 Å². The molecule has 0 radical (unpaired) electrons. The SMILES string of the molecule is C[C@@H]1CCCCN1C(=O)CSc1nnnn1C1CCOCC1. The summed E-state index contributed by atoms with van der Waals surface area (Å²) in [5.41, 5.74) is 0. The number of carbonyl (C=O) groups is 1. The number of thioether (sulfide) groups is 1. The summed E-state index contributed by atoms with van der Waals surface area (Å²) in [7, 11) is 0. The average molecular weight is 325 g/mol. The number of carbonyl (C=O) groups excluding carboxylic acids is 1. The van der Waals surface area contributed by atoms with Crippen molar-refractivity contribution in [2.75, 3.05) is 25.5 Å². The lowest BCUT2D eigenvalue weighted by Crippen LogP contribution is -2.43. The van der Waals surface area contributed by atoms with Crippen LogP contribution in [0.5, 0.6) is 0 Å². The Labute approximate surface area is 134 Å². The van der Waals surface area contributed by atoms with Crippen LogP contribution in [0, 0.1) is 0 Å². The maximum Gasteiger partial charge on any atom is 0.233 e. The Kier molecular flexibility index (Phi) is 5.30. The molecule has 0 bridgehead atoms. The predicted molar refractivity (Wildman–Crippen MR) is 82.7 cm³/mol. The molecule has 2 aliphatic rings. The Morgan fingerprint density at radius 2 is 2.14 bits per heavy atom. The first-order chi connectivity index (χ1) is 10.8. The molecular formula is C14H23N5O2S. The van der Waals surface area contributed by atoms with Gasteiger partial charge in [-0.2, -0.15) is 0 Å². The highest BCUT2D eigenvalue weighted by Gasteiger charge is 2.25. The standard InChI is InChI=1S/C14H23N5O2S/c1-11-4-2-3-7-18(11)13(20)10-22-14-15-16-17-19(14)12-5-8-21-9-6-12/h11-12H,2-10H2,1H3/t11-/m1/s1. The molecule has 1 aromatic rings. The summed E-state index contributed by atoms with van der Waals surface area (Å²) >= 11 is 1.45. The van der Waals surface area contributed by atoms with Crippen molar-refractivity contribution in [1.29, 1.82) is 0 Å². The Morgan fingerprint density at radius 3 is 2.91 bits per heavy atom. The Hall–Kier alpha value is -1.15. The zero-order valence-corrected chi connectivity index (χ0v) is 13.8. The molecule has 2 fully saturated rings. The number of nitrogens with zero attached hydrogens (tertiary/aromatic N) is 5. The quantitative estimate of drug-likeness (QED) is 0.782. The van der Waals surface area contributed by atoms with Crippen LogP contribution in [0.4, 0.5) is 0 Å². The van der Waals surface area contributed by atoms with Gasteiger partial charge < -0.3 is 9.64 Å².